The molecule has 0 spiro atoms. The Morgan fingerprint density at radius 2 is 1.84 bits per heavy atom. The molecule has 6 heterocycles. The first-order valence-electron chi connectivity index (χ1n) is 15.7. The van der Waals surface area contributed by atoms with E-state index in [2.05, 4.69) is 30.0 Å². The molecular formula is C33H28ClF3N10O3. The summed E-state index contributed by atoms with van der Waals surface area (Å²) in [6.07, 6.45) is 2.09. The monoisotopic (exact) mass is 704 g/mol. The van der Waals surface area contributed by atoms with Crippen molar-refractivity contribution in [2.24, 2.45) is 0 Å². The quantitative estimate of drug-likeness (QED) is 0.243. The maximum Gasteiger partial charge on any atom is 0.317 e. The number of aromatic nitrogens is 8. The first kappa shape index (κ1) is 31.9. The van der Waals surface area contributed by atoms with Crippen LogP contribution in [0.1, 0.15) is 12.2 Å². The van der Waals surface area contributed by atoms with Gasteiger partial charge in [-0.05, 0) is 42.8 Å². The van der Waals surface area contributed by atoms with Crippen molar-refractivity contribution in [3.8, 4) is 23.0 Å². The first-order chi connectivity index (χ1) is 24.1. The molecule has 1 fully saturated rings. The Balaban J connectivity index is 1.24. The average Bonchev–Trinajstić information content (AvgIpc) is 3.78. The summed E-state index contributed by atoms with van der Waals surface area (Å²) in [7, 11) is 3.25. The van der Waals surface area contributed by atoms with Crippen molar-refractivity contribution in [2.45, 2.75) is 38.1 Å². The van der Waals surface area contributed by atoms with Crippen molar-refractivity contribution < 1.29 is 27.4 Å². The predicted molar refractivity (Wildman–Crippen MR) is 176 cm³/mol. The van der Waals surface area contributed by atoms with Crippen molar-refractivity contribution in [2.75, 3.05) is 32.1 Å². The summed E-state index contributed by atoms with van der Waals surface area (Å²) >= 11 is 6.43. The molecule has 8 rings (SSSR count). The van der Waals surface area contributed by atoms with Gasteiger partial charge >= 0.3 is 6.01 Å². The molecule has 0 N–H and O–H groups in total. The van der Waals surface area contributed by atoms with Gasteiger partial charge in [0, 0.05) is 51.0 Å². The summed E-state index contributed by atoms with van der Waals surface area (Å²) in [6.45, 7) is 2.49. The van der Waals surface area contributed by atoms with Crippen LogP contribution in [0.4, 0.5) is 19.0 Å². The van der Waals surface area contributed by atoms with E-state index in [1.807, 2.05) is 11.5 Å². The Morgan fingerprint density at radius 1 is 1.00 bits per heavy atom. The molecule has 17 heteroatoms. The topological polar surface area (TPSA) is 129 Å². The summed E-state index contributed by atoms with van der Waals surface area (Å²) in [5.74, 6) is -1.42. The zero-order valence-corrected chi connectivity index (χ0v) is 27.6. The summed E-state index contributed by atoms with van der Waals surface area (Å²) in [5, 5.41) is 4.52. The van der Waals surface area contributed by atoms with Gasteiger partial charge in [-0.15, -0.1) is 0 Å². The summed E-state index contributed by atoms with van der Waals surface area (Å²) in [5.41, 5.74) is 2.15. The second-order valence-electron chi connectivity index (χ2n) is 12.2. The number of aryl methyl sites for hydroxylation is 1. The molecule has 2 aliphatic heterocycles. The number of methoxy groups -OCH3 is 1. The van der Waals surface area contributed by atoms with Gasteiger partial charge in [0.25, 0.3) is 0 Å². The van der Waals surface area contributed by atoms with Gasteiger partial charge in [-0.1, -0.05) is 0 Å². The number of rotatable bonds is 3. The van der Waals surface area contributed by atoms with Gasteiger partial charge in [-0.2, -0.15) is 20.1 Å². The van der Waals surface area contributed by atoms with E-state index in [-0.39, 0.29) is 53.9 Å². The average molecular weight is 705 g/mol. The van der Waals surface area contributed by atoms with Crippen LogP contribution in [0.3, 0.4) is 0 Å². The number of halogens is 4. The number of nitrogens with zero attached hydrogens (tertiary/aromatic N) is 10. The standard InChI is InChI=1S/C33H28ClF3N10O3/c1-16-40-25-10-18(36)8-21-24-6-7-38-33(41-24)50-19-11-27(31(48)44(2)13-20(49-3)15-45(16)28(21)25)46(14-19)29-22-12-39-47(30(22)43-32(34)42-29)26-5-4-17(35)9-23(26)37/h4-10,12,19-20,27H,11,13-15H2,1-3H3/t19?,20-,27+/m1/s1. The van der Waals surface area contributed by atoms with E-state index in [1.165, 1.54) is 35.3 Å². The molecule has 2 aromatic carbocycles. The number of carbonyl (C=O) groups is 1. The Morgan fingerprint density at radius 3 is 2.64 bits per heavy atom. The Kier molecular flexibility index (Phi) is 7.79. The van der Waals surface area contributed by atoms with E-state index in [1.54, 1.807) is 30.0 Å². The van der Waals surface area contributed by atoms with Gasteiger partial charge < -0.3 is 23.8 Å². The van der Waals surface area contributed by atoms with E-state index in [4.69, 9.17) is 21.1 Å². The number of hydrogen-bond acceptors (Lipinski definition) is 10. The number of carbonyl (C=O) groups excluding carboxylic acids is 1. The number of hydrogen-bond donors (Lipinski definition) is 0. The Labute approximate surface area is 287 Å². The zero-order chi connectivity index (χ0) is 34.8. The highest BCUT2D eigenvalue weighted by atomic mass is 35.5. The van der Waals surface area contributed by atoms with Crippen molar-refractivity contribution in [1.82, 2.24) is 44.2 Å². The van der Waals surface area contributed by atoms with Crippen LogP contribution in [-0.2, 0) is 16.1 Å². The third kappa shape index (κ3) is 5.44. The van der Waals surface area contributed by atoms with E-state index in [0.29, 0.717) is 40.0 Å². The number of fused-ring (bicyclic) bond motifs is 6. The van der Waals surface area contributed by atoms with Gasteiger partial charge in [0.1, 0.15) is 41.1 Å². The fraction of sp³-hybridized carbons (Fsp3) is 0.303. The molecule has 3 atom stereocenters. The zero-order valence-electron chi connectivity index (χ0n) is 26.9. The SMILES string of the molecule is CO[C@@H]1CN(C)C(=O)[C@@H]2CC(CN2c2nc(Cl)nc3c2cnn3-c2ccc(F)cc2F)Oc2nccc(n2)-c2cc(F)cc3nc(C)n(c23)C1. The predicted octanol–water partition coefficient (Wildman–Crippen LogP) is 4.51. The Hall–Kier alpha value is -5.35. The molecular weight excluding hydrogens is 677 g/mol. The lowest BCUT2D eigenvalue weighted by Gasteiger charge is -2.30. The van der Waals surface area contributed by atoms with Gasteiger partial charge in [0.05, 0.1) is 47.5 Å². The van der Waals surface area contributed by atoms with Crippen LogP contribution >= 0.6 is 11.6 Å². The molecule has 4 aromatic heterocycles. The number of ether oxygens (including phenoxy) is 2. The molecule has 0 radical (unpaired) electrons. The lowest BCUT2D eigenvalue weighted by Crippen LogP contribution is -2.47. The maximum absolute atomic E-state index is 14.9. The van der Waals surface area contributed by atoms with Crippen molar-refractivity contribution in [3.05, 3.63) is 77.4 Å². The fourth-order valence-electron chi connectivity index (χ4n) is 6.79. The second-order valence-corrected chi connectivity index (χ2v) is 12.6. The molecule has 0 saturated carbocycles. The molecule has 256 valence electrons. The smallest absolute Gasteiger partial charge is 0.317 e. The van der Waals surface area contributed by atoms with E-state index in [0.717, 1.165) is 12.1 Å². The van der Waals surface area contributed by atoms with Crippen molar-refractivity contribution in [1.29, 1.82) is 0 Å². The third-order valence-electron chi connectivity index (χ3n) is 9.09. The molecule has 0 aliphatic carbocycles. The van der Waals surface area contributed by atoms with Gasteiger partial charge in [0.15, 0.2) is 11.5 Å². The lowest BCUT2D eigenvalue weighted by atomic mass is 10.1. The molecule has 1 saturated heterocycles. The molecule has 1 amide bonds. The van der Waals surface area contributed by atoms with Crippen LogP contribution in [0.5, 0.6) is 6.01 Å². The fourth-order valence-corrected chi connectivity index (χ4v) is 6.95. The number of anilines is 1. The minimum atomic E-state index is -0.851. The summed E-state index contributed by atoms with van der Waals surface area (Å²) < 4.78 is 58.8. The van der Waals surface area contributed by atoms with Crippen LogP contribution < -0.4 is 9.64 Å². The van der Waals surface area contributed by atoms with Gasteiger partial charge in [-0.3, -0.25) is 4.79 Å². The van der Waals surface area contributed by atoms with Crippen LogP contribution in [0.25, 0.3) is 39.0 Å². The third-order valence-corrected chi connectivity index (χ3v) is 9.26. The van der Waals surface area contributed by atoms with E-state index >= 15 is 0 Å². The molecule has 50 heavy (non-hydrogen) atoms. The molecule has 1 unspecified atom stereocenters. The van der Waals surface area contributed by atoms with Crippen molar-refractivity contribution >= 4 is 45.4 Å². The van der Waals surface area contributed by atoms with Crippen LogP contribution in [0, 0.1) is 24.4 Å². The van der Waals surface area contributed by atoms with E-state index in [9.17, 15) is 18.0 Å². The summed E-state index contributed by atoms with van der Waals surface area (Å²) in [4.78, 5) is 40.0. The van der Waals surface area contributed by atoms with Crippen LogP contribution in [0.2, 0.25) is 5.28 Å². The first-order valence-corrected chi connectivity index (χ1v) is 16.0. The van der Waals surface area contributed by atoms with E-state index < -0.39 is 35.7 Å². The minimum Gasteiger partial charge on any atom is -0.458 e. The van der Waals surface area contributed by atoms with Gasteiger partial charge in [-0.25, -0.2) is 27.8 Å². The molecule has 13 nitrogen and oxygen atoms in total. The second kappa shape index (κ2) is 12.2. The lowest BCUT2D eigenvalue weighted by molar-refractivity contribution is -0.133. The number of amides is 1. The largest absolute Gasteiger partial charge is 0.458 e. The molecule has 6 aromatic rings. The molecule has 2 aliphatic rings. The highest BCUT2D eigenvalue weighted by Crippen LogP contribution is 2.36. The normalized spacial score (nSPS) is 19.6. The maximum atomic E-state index is 14.9. The number of benzene rings is 2. The molecule has 4 bridgehead atoms. The summed E-state index contributed by atoms with van der Waals surface area (Å²) in [6, 6.07) is 6.77. The van der Waals surface area contributed by atoms with Crippen molar-refractivity contribution in [3.63, 3.8) is 0 Å². The number of likely N-dealkylation sites (N-methyl/N-ethyl adjacent to an activating group) is 1. The van der Waals surface area contributed by atoms with Crippen LogP contribution in [0.15, 0.2) is 48.8 Å². The van der Waals surface area contributed by atoms with Gasteiger partial charge in [0.2, 0.25) is 11.2 Å². The number of imidazole rings is 1. The highest BCUT2D eigenvalue weighted by molar-refractivity contribution is 6.28. The van der Waals surface area contributed by atoms with Crippen LogP contribution in [-0.4, -0.2) is 95.6 Å². The minimum absolute atomic E-state index is 0.0317. The Bertz CT molecular complexity index is 2320. The highest BCUT2D eigenvalue weighted by Gasteiger charge is 2.42.